The predicted molar refractivity (Wildman–Crippen MR) is 149 cm³/mol. The van der Waals surface area contributed by atoms with Gasteiger partial charge in [0.2, 0.25) is 5.82 Å². The molecule has 2 saturated heterocycles. The van der Waals surface area contributed by atoms with Crippen LogP contribution in [0.4, 0.5) is 5.82 Å². The van der Waals surface area contributed by atoms with Crippen molar-refractivity contribution in [2.75, 3.05) is 5.73 Å². The average molecular weight is 550 g/mol. The summed E-state index contributed by atoms with van der Waals surface area (Å²) in [6.07, 6.45) is 7.65. The van der Waals surface area contributed by atoms with Crippen molar-refractivity contribution in [3.05, 3.63) is 72.2 Å². The minimum absolute atomic E-state index is 0.00790. The van der Waals surface area contributed by atoms with Crippen LogP contribution in [0.1, 0.15) is 65.2 Å². The van der Waals surface area contributed by atoms with Gasteiger partial charge in [0.05, 0.1) is 17.5 Å². The number of H-pyrrole nitrogens is 1. The van der Waals surface area contributed by atoms with Crippen LogP contribution in [0.15, 0.2) is 55.1 Å². The molecule has 1 amide bonds. The maximum atomic E-state index is 13.1. The Morgan fingerprint density at radius 2 is 1.80 bits per heavy atom. The number of aromatic hydroxyl groups is 1. The number of fused-ring (bicyclic) bond motifs is 3. The number of anilines is 1. The normalized spacial score (nSPS) is 20.0. The molecule has 1 aromatic carbocycles. The van der Waals surface area contributed by atoms with E-state index in [4.69, 9.17) is 10.7 Å². The zero-order valence-corrected chi connectivity index (χ0v) is 22.2. The Morgan fingerprint density at radius 3 is 2.46 bits per heavy atom. The van der Waals surface area contributed by atoms with Crippen molar-refractivity contribution in [3.63, 3.8) is 0 Å². The van der Waals surface area contributed by atoms with Gasteiger partial charge in [-0.15, -0.1) is 0 Å². The molecule has 3 atom stereocenters. The Bertz CT molecular complexity index is 1790. The molecule has 0 saturated carbocycles. The Morgan fingerprint density at radius 1 is 1.05 bits per heavy atom. The quantitative estimate of drug-likeness (QED) is 0.277. The second-order valence-corrected chi connectivity index (χ2v) is 10.7. The summed E-state index contributed by atoms with van der Waals surface area (Å²) in [5.74, 6) is 0.0478. The zero-order chi connectivity index (χ0) is 28.2. The van der Waals surface area contributed by atoms with Crippen LogP contribution in [-0.2, 0) is 0 Å². The highest BCUT2D eigenvalue weighted by molar-refractivity contribution is 6.00. The number of pyridine rings is 1. The van der Waals surface area contributed by atoms with Crippen LogP contribution in [0, 0.1) is 0 Å². The topological polar surface area (TPSA) is 168 Å². The van der Waals surface area contributed by atoms with Crippen LogP contribution in [0.2, 0.25) is 0 Å². The number of Topliss-reactive ketones (excluding diaryl/α,β-unsaturated/α-hetero) is 1. The first-order chi connectivity index (χ1) is 19.9. The molecule has 0 radical (unpaired) electrons. The number of hydrogen-bond donors (Lipinski definition) is 3. The molecular weight excluding hydrogens is 522 g/mol. The molecule has 1 unspecified atom stereocenters. The van der Waals surface area contributed by atoms with Gasteiger partial charge < -0.3 is 15.7 Å². The molecule has 5 aromatic rings. The van der Waals surface area contributed by atoms with Crippen LogP contribution in [0.3, 0.4) is 0 Å². The summed E-state index contributed by atoms with van der Waals surface area (Å²) in [6, 6.07) is 11.1. The number of amides is 1. The number of ketones is 1. The second kappa shape index (κ2) is 9.51. The number of aromatic nitrogens is 7. The van der Waals surface area contributed by atoms with E-state index in [0.29, 0.717) is 46.6 Å². The van der Waals surface area contributed by atoms with Gasteiger partial charge in [-0.05, 0) is 38.7 Å². The summed E-state index contributed by atoms with van der Waals surface area (Å²) in [5.41, 5.74) is 10.5. The lowest BCUT2D eigenvalue weighted by atomic mass is 9.85. The monoisotopic (exact) mass is 549 g/mol. The summed E-state index contributed by atoms with van der Waals surface area (Å²) in [5, 5.41) is 21.8. The highest BCUT2D eigenvalue weighted by Crippen LogP contribution is 2.45. The van der Waals surface area contributed by atoms with Crippen molar-refractivity contribution in [2.45, 2.75) is 50.6 Å². The van der Waals surface area contributed by atoms with E-state index in [1.165, 1.54) is 17.8 Å². The molecule has 12 heteroatoms. The van der Waals surface area contributed by atoms with E-state index in [2.05, 4.69) is 25.3 Å². The fraction of sp³-hybridized carbons (Fsp3) is 0.276. The maximum absolute atomic E-state index is 13.1. The fourth-order valence-electron chi connectivity index (χ4n) is 6.47. The lowest BCUT2D eigenvalue weighted by Crippen LogP contribution is -2.46. The molecule has 0 spiro atoms. The van der Waals surface area contributed by atoms with Crippen molar-refractivity contribution in [1.29, 1.82) is 0 Å². The minimum Gasteiger partial charge on any atom is -0.506 e. The van der Waals surface area contributed by atoms with E-state index in [0.717, 1.165) is 18.4 Å². The van der Waals surface area contributed by atoms with Crippen molar-refractivity contribution >= 4 is 23.2 Å². The highest BCUT2D eigenvalue weighted by Gasteiger charge is 2.45. The highest BCUT2D eigenvalue weighted by atomic mass is 16.3. The number of aromatic amines is 1. The number of piperidine rings is 1. The van der Waals surface area contributed by atoms with Gasteiger partial charge in [0, 0.05) is 40.9 Å². The van der Waals surface area contributed by atoms with Gasteiger partial charge in [-0.1, -0.05) is 30.3 Å². The van der Waals surface area contributed by atoms with Gasteiger partial charge in [-0.2, -0.15) is 14.7 Å². The zero-order valence-electron chi connectivity index (χ0n) is 22.2. The number of carbonyl (C=O) groups is 2. The SMILES string of the molecule is CC(=O)c1c(C2C[C@H]3CC[C@@H](C2)N3C(=O)c2ncn[nH]2)nc2c(-c3cnc(-c4ccccc4)c(O)c3)cnn2c1N. The fourth-order valence-corrected chi connectivity index (χ4v) is 6.47. The molecule has 206 valence electrons. The molecule has 2 bridgehead atoms. The van der Waals surface area contributed by atoms with Gasteiger partial charge in [-0.25, -0.2) is 9.97 Å². The average Bonchev–Trinajstić information content (AvgIpc) is 3.71. The Hall–Kier alpha value is -5.13. The molecule has 2 aliphatic heterocycles. The number of rotatable bonds is 5. The van der Waals surface area contributed by atoms with Crippen LogP contribution in [0.5, 0.6) is 5.75 Å². The van der Waals surface area contributed by atoms with E-state index >= 15 is 0 Å². The number of nitrogens with zero attached hydrogens (tertiary/aromatic N) is 7. The number of hydrogen-bond acceptors (Lipinski definition) is 9. The predicted octanol–water partition coefficient (Wildman–Crippen LogP) is 3.62. The molecule has 4 aromatic heterocycles. The first kappa shape index (κ1) is 24.9. The lowest BCUT2D eigenvalue weighted by molar-refractivity contribution is 0.0556. The van der Waals surface area contributed by atoms with Gasteiger partial charge >= 0.3 is 0 Å². The molecule has 4 N–H and O–H groups in total. The lowest BCUT2D eigenvalue weighted by Gasteiger charge is -2.38. The van der Waals surface area contributed by atoms with Gasteiger partial charge in [-0.3, -0.25) is 19.7 Å². The van der Waals surface area contributed by atoms with E-state index in [9.17, 15) is 14.7 Å². The molecule has 2 fully saturated rings. The Labute approximate surface area is 234 Å². The van der Waals surface area contributed by atoms with Crippen molar-refractivity contribution in [1.82, 2.24) is 39.7 Å². The number of nitrogen functional groups attached to an aromatic ring is 1. The number of nitrogens with two attached hydrogens (primary N) is 1. The summed E-state index contributed by atoms with van der Waals surface area (Å²) in [4.78, 5) is 41.5. The first-order valence-electron chi connectivity index (χ1n) is 13.5. The molecule has 0 aliphatic carbocycles. The van der Waals surface area contributed by atoms with Gasteiger partial charge in [0.15, 0.2) is 11.4 Å². The van der Waals surface area contributed by atoms with Crippen LogP contribution >= 0.6 is 0 Å². The first-order valence-corrected chi connectivity index (χ1v) is 13.5. The molecule has 41 heavy (non-hydrogen) atoms. The van der Waals surface area contributed by atoms with E-state index in [1.807, 2.05) is 35.2 Å². The van der Waals surface area contributed by atoms with Crippen LogP contribution < -0.4 is 5.73 Å². The maximum Gasteiger partial charge on any atom is 0.291 e. The van der Waals surface area contributed by atoms with Gasteiger partial charge in [0.1, 0.15) is 23.6 Å². The van der Waals surface area contributed by atoms with Crippen LogP contribution in [0.25, 0.3) is 28.0 Å². The third-order valence-corrected chi connectivity index (χ3v) is 8.26. The third kappa shape index (κ3) is 4.01. The standard InChI is InChI=1S/C29H27N9O3/c1-15(39)23-25(17-9-19-7-8-20(10-17)37(19)29(41)27-32-14-33-36-27)35-28-21(13-34-38(28)26(23)30)18-11-22(40)24(31-12-18)16-5-3-2-4-6-16/h2-6,11-14,17,19-20,40H,7-10,30H2,1H3,(H,32,33,36)/t17?,19-,20+. The minimum atomic E-state index is -0.192. The summed E-state index contributed by atoms with van der Waals surface area (Å²) in [6.45, 7) is 1.48. The van der Waals surface area contributed by atoms with Crippen molar-refractivity contribution in [3.8, 4) is 28.1 Å². The van der Waals surface area contributed by atoms with E-state index < -0.39 is 0 Å². The Kier molecular flexibility index (Phi) is 5.77. The van der Waals surface area contributed by atoms with E-state index in [1.54, 1.807) is 18.5 Å². The van der Waals surface area contributed by atoms with Crippen molar-refractivity contribution in [2.24, 2.45) is 0 Å². The van der Waals surface area contributed by atoms with Crippen LogP contribution in [-0.4, -0.2) is 68.5 Å². The van der Waals surface area contributed by atoms with E-state index in [-0.39, 0.29) is 47.1 Å². The molecule has 2 aliphatic rings. The molecule has 12 nitrogen and oxygen atoms in total. The number of carbonyl (C=O) groups excluding carboxylic acids is 2. The Balaban J connectivity index is 1.28. The summed E-state index contributed by atoms with van der Waals surface area (Å²) in [7, 11) is 0. The molecule has 7 rings (SSSR count). The summed E-state index contributed by atoms with van der Waals surface area (Å²) < 4.78 is 1.47. The largest absolute Gasteiger partial charge is 0.506 e. The second-order valence-electron chi connectivity index (χ2n) is 10.7. The third-order valence-electron chi connectivity index (χ3n) is 8.26. The molecular formula is C29H27N9O3. The number of benzene rings is 1. The molecule has 6 heterocycles. The number of nitrogens with one attached hydrogen (secondary N) is 1. The smallest absolute Gasteiger partial charge is 0.291 e. The van der Waals surface area contributed by atoms with Gasteiger partial charge in [0.25, 0.3) is 5.91 Å². The van der Waals surface area contributed by atoms with Crippen molar-refractivity contribution < 1.29 is 14.7 Å². The summed E-state index contributed by atoms with van der Waals surface area (Å²) >= 11 is 0.